The molecule has 0 bridgehead atoms. The van der Waals surface area contributed by atoms with E-state index in [9.17, 15) is 18.0 Å². The molecule has 0 heterocycles. The monoisotopic (exact) mass is 328 g/mol. The predicted octanol–water partition coefficient (Wildman–Crippen LogP) is 3.32. The van der Waals surface area contributed by atoms with Gasteiger partial charge in [0.15, 0.2) is 0 Å². The van der Waals surface area contributed by atoms with Crippen molar-refractivity contribution < 1.29 is 18.0 Å². The molecule has 0 aromatic heterocycles. The second-order valence-corrected chi connectivity index (χ2v) is 5.00. The van der Waals surface area contributed by atoms with Crippen LogP contribution in [0.25, 0.3) is 0 Å². The van der Waals surface area contributed by atoms with Crippen LogP contribution in [-0.4, -0.2) is 25.2 Å². The number of nitrogens with one attached hydrogen (secondary N) is 2. The minimum absolute atomic E-state index is 0.348. The number of halogens is 5. The Kier molecular flexibility index (Phi) is 6.10. The largest absolute Gasteiger partial charge is 0.401 e. The number of alkyl halides is 3. The van der Waals surface area contributed by atoms with Crippen LogP contribution in [0.1, 0.15) is 18.5 Å². The maximum Gasteiger partial charge on any atom is 0.401 e. The smallest absolute Gasteiger partial charge is 0.348 e. The molecule has 8 heteroatoms. The van der Waals surface area contributed by atoms with Crippen molar-refractivity contribution in [2.24, 2.45) is 0 Å². The lowest BCUT2D eigenvalue weighted by atomic mass is 10.1. The molecule has 0 aliphatic heterocycles. The maximum atomic E-state index is 11.9. The molecule has 1 unspecified atom stereocenters. The molecule has 3 nitrogen and oxygen atoms in total. The molecule has 0 spiro atoms. The van der Waals surface area contributed by atoms with E-state index >= 15 is 0 Å². The minimum atomic E-state index is -4.34. The van der Waals surface area contributed by atoms with Gasteiger partial charge in [-0.25, -0.2) is 0 Å². The highest BCUT2D eigenvalue weighted by Gasteiger charge is 2.26. The van der Waals surface area contributed by atoms with Gasteiger partial charge >= 0.3 is 6.18 Å². The van der Waals surface area contributed by atoms with Gasteiger partial charge in [0.05, 0.1) is 29.2 Å². The number of rotatable bonds is 5. The third-order valence-electron chi connectivity index (χ3n) is 2.43. The normalized spacial score (nSPS) is 13.1. The first kappa shape index (κ1) is 17.1. The number of benzene rings is 1. The van der Waals surface area contributed by atoms with Crippen LogP contribution in [0.4, 0.5) is 13.2 Å². The molecule has 0 saturated carbocycles. The number of carbonyl (C=O) groups excluding carboxylic acids is 1. The van der Waals surface area contributed by atoms with E-state index < -0.39 is 25.2 Å². The summed E-state index contributed by atoms with van der Waals surface area (Å²) in [6.07, 6.45) is -4.34. The van der Waals surface area contributed by atoms with Crippen molar-refractivity contribution in [3.05, 3.63) is 33.8 Å². The summed E-state index contributed by atoms with van der Waals surface area (Å²) < 4.78 is 35.7. The fraction of sp³-hybridized carbons (Fsp3) is 0.417. The molecule has 1 amide bonds. The molecule has 1 atom stereocenters. The maximum absolute atomic E-state index is 11.9. The van der Waals surface area contributed by atoms with E-state index in [2.05, 4.69) is 5.32 Å². The molecule has 2 N–H and O–H groups in total. The van der Waals surface area contributed by atoms with E-state index in [1.54, 1.807) is 25.1 Å². The van der Waals surface area contributed by atoms with Gasteiger partial charge in [-0.2, -0.15) is 13.2 Å². The predicted molar refractivity (Wildman–Crippen MR) is 71.9 cm³/mol. The van der Waals surface area contributed by atoms with Gasteiger partial charge in [0.1, 0.15) is 0 Å². The van der Waals surface area contributed by atoms with Crippen molar-refractivity contribution in [3.63, 3.8) is 0 Å². The molecule has 1 aromatic rings. The third-order valence-corrected chi connectivity index (χ3v) is 3.17. The highest BCUT2D eigenvalue weighted by atomic mass is 35.5. The van der Waals surface area contributed by atoms with Gasteiger partial charge in [0.2, 0.25) is 5.91 Å². The van der Waals surface area contributed by atoms with Crippen LogP contribution in [-0.2, 0) is 4.79 Å². The summed E-state index contributed by atoms with van der Waals surface area (Å²) in [5.41, 5.74) is 0.712. The van der Waals surface area contributed by atoms with Crippen molar-refractivity contribution in [1.29, 1.82) is 0 Å². The highest BCUT2D eigenvalue weighted by Crippen LogP contribution is 2.25. The quantitative estimate of drug-likeness (QED) is 0.870. The zero-order chi connectivity index (χ0) is 15.3. The van der Waals surface area contributed by atoms with Gasteiger partial charge in [-0.15, -0.1) is 0 Å². The molecule has 112 valence electrons. The second-order valence-electron chi connectivity index (χ2n) is 4.18. The van der Waals surface area contributed by atoms with Crippen LogP contribution in [0.15, 0.2) is 18.2 Å². The SMILES string of the molecule is CC(NC(=O)CNCC(F)(F)F)c1ccc(Cl)c(Cl)c1. The molecule has 0 radical (unpaired) electrons. The van der Waals surface area contributed by atoms with Crippen molar-refractivity contribution in [2.45, 2.75) is 19.1 Å². The van der Waals surface area contributed by atoms with Crippen molar-refractivity contribution in [3.8, 4) is 0 Å². The Hall–Kier alpha value is -0.980. The van der Waals surface area contributed by atoms with Gasteiger partial charge in [0, 0.05) is 0 Å². The van der Waals surface area contributed by atoms with Gasteiger partial charge < -0.3 is 10.6 Å². The van der Waals surface area contributed by atoms with Gasteiger partial charge in [-0.3, -0.25) is 4.79 Å². The van der Waals surface area contributed by atoms with E-state index in [-0.39, 0.29) is 6.04 Å². The standard InChI is InChI=1S/C12H13Cl2F3N2O/c1-7(8-2-3-9(13)10(14)4-8)19-11(20)5-18-6-12(15,16)17/h2-4,7,18H,5-6H2,1H3,(H,19,20). The van der Waals surface area contributed by atoms with Gasteiger partial charge in [-0.05, 0) is 24.6 Å². The van der Waals surface area contributed by atoms with E-state index in [0.29, 0.717) is 15.6 Å². The van der Waals surface area contributed by atoms with Gasteiger partial charge in [0.25, 0.3) is 0 Å². The van der Waals surface area contributed by atoms with E-state index in [4.69, 9.17) is 23.2 Å². The number of amides is 1. The molecule has 0 aliphatic rings. The summed E-state index contributed by atoms with van der Waals surface area (Å²) in [5.74, 6) is -0.534. The lowest BCUT2D eigenvalue weighted by molar-refractivity contribution is -0.128. The average molecular weight is 329 g/mol. The van der Waals surface area contributed by atoms with Crippen LogP contribution in [0.2, 0.25) is 10.0 Å². The summed E-state index contributed by atoms with van der Waals surface area (Å²) in [7, 11) is 0. The Bertz CT molecular complexity index is 480. The Balaban J connectivity index is 2.47. The van der Waals surface area contributed by atoms with Crippen molar-refractivity contribution in [2.75, 3.05) is 13.1 Å². The zero-order valence-corrected chi connectivity index (χ0v) is 12.0. The lowest BCUT2D eigenvalue weighted by Gasteiger charge is -2.15. The van der Waals surface area contributed by atoms with Crippen molar-refractivity contribution in [1.82, 2.24) is 10.6 Å². The Morgan fingerprint density at radius 1 is 1.30 bits per heavy atom. The first-order chi connectivity index (χ1) is 9.19. The summed E-state index contributed by atoms with van der Waals surface area (Å²) in [4.78, 5) is 11.5. The number of hydrogen-bond donors (Lipinski definition) is 2. The molecule has 0 aliphatic carbocycles. The highest BCUT2D eigenvalue weighted by molar-refractivity contribution is 6.42. The molecule has 0 fully saturated rings. The minimum Gasteiger partial charge on any atom is -0.348 e. The average Bonchev–Trinajstić information content (AvgIpc) is 2.30. The molecule has 1 aromatic carbocycles. The van der Waals surface area contributed by atoms with Crippen LogP contribution >= 0.6 is 23.2 Å². The van der Waals surface area contributed by atoms with E-state index in [0.717, 1.165) is 0 Å². The molecule has 20 heavy (non-hydrogen) atoms. The second kappa shape index (κ2) is 7.15. The fourth-order valence-corrected chi connectivity index (χ4v) is 1.78. The van der Waals surface area contributed by atoms with E-state index in [1.165, 1.54) is 0 Å². The molecule has 1 rings (SSSR count). The summed E-state index contributed by atoms with van der Waals surface area (Å²) in [6.45, 7) is 0.0774. The first-order valence-electron chi connectivity index (χ1n) is 5.71. The number of hydrogen-bond acceptors (Lipinski definition) is 2. The Labute approximate surface area is 124 Å². The topological polar surface area (TPSA) is 41.1 Å². The van der Waals surface area contributed by atoms with Crippen LogP contribution in [0, 0.1) is 0 Å². The molecule has 0 saturated heterocycles. The number of carbonyl (C=O) groups is 1. The molecular weight excluding hydrogens is 316 g/mol. The van der Waals surface area contributed by atoms with Crippen LogP contribution < -0.4 is 10.6 Å². The lowest BCUT2D eigenvalue weighted by Crippen LogP contribution is -2.39. The fourth-order valence-electron chi connectivity index (χ4n) is 1.48. The van der Waals surface area contributed by atoms with Gasteiger partial charge in [-0.1, -0.05) is 29.3 Å². The summed E-state index contributed by atoms with van der Waals surface area (Å²) in [6, 6.07) is 4.48. The third kappa shape index (κ3) is 5.98. The van der Waals surface area contributed by atoms with E-state index in [1.807, 2.05) is 5.32 Å². The van der Waals surface area contributed by atoms with Crippen LogP contribution in [0.5, 0.6) is 0 Å². The summed E-state index contributed by atoms with van der Waals surface area (Å²) >= 11 is 11.6. The van der Waals surface area contributed by atoms with Crippen molar-refractivity contribution >= 4 is 29.1 Å². The summed E-state index contributed by atoms with van der Waals surface area (Å²) in [5, 5.41) is 5.31. The first-order valence-corrected chi connectivity index (χ1v) is 6.46. The Morgan fingerprint density at radius 3 is 2.50 bits per heavy atom. The van der Waals surface area contributed by atoms with Crippen LogP contribution in [0.3, 0.4) is 0 Å². The Morgan fingerprint density at radius 2 is 1.95 bits per heavy atom. The zero-order valence-electron chi connectivity index (χ0n) is 10.5. The molecular formula is C12H13Cl2F3N2O.